The summed E-state index contributed by atoms with van der Waals surface area (Å²) in [7, 11) is 1.88. The second-order valence-corrected chi connectivity index (χ2v) is 7.30. The SMILES string of the molecule is CNc1cccc(C#Cc2ccc3/c(=N\O)cc(-c4cc5ccccc5cn4)oc3c2)c1. The van der Waals surface area contributed by atoms with E-state index in [2.05, 4.69) is 27.3 Å². The summed E-state index contributed by atoms with van der Waals surface area (Å²) in [5.41, 5.74) is 3.95. The van der Waals surface area contributed by atoms with Crippen molar-refractivity contribution in [3.8, 4) is 23.3 Å². The fourth-order valence-corrected chi connectivity index (χ4v) is 3.57. The van der Waals surface area contributed by atoms with Crippen molar-refractivity contribution in [1.82, 2.24) is 4.98 Å². The fourth-order valence-electron chi connectivity index (χ4n) is 3.57. The predicted molar refractivity (Wildman–Crippen MR) is 126 cm³/mol. The van der Waals surface area contributed by atoms with Crippen LogP contribution in [0.15, 0.2) is 94.6 Å². The molecule has 0 radical (unpaired) electrons. The average Bonchev–Trinajstić information content (AvgIpc) is 2.86. The zero-order valence-corrected chi connectivity index (χ0v) is 17.3. The monoisotopic (exact) mass is 417 g/mol. The Morgan fingerprint density at radius 1 is 0.875 bits per heavy atom. The summed E-state index contributed by atoms with van der Waals surface area (Å²) in [4.78, 5) is 4.52. The van der Waals surface area contributed by atoms with E-state index in [1.54, 1.807) is 12.3 Å². The predicted octanol–water partition coefficient (Wildman–Crippen LogP) is 5.38. The number of hydrogen-bond donors (Lipinski definition) is 2. The van der Waals surface area contributed by atoms with Crippen LogP contribution in [-0.4, -0.2) is 17.2 Å². The Hall–Kier alpha value is -4.56. The molecule has 3 aromatic carbocycles. The molecule has 0 aliphatic rings. The molecule has 0 bridgehead atoms. The van der Waals surface area contributed by atoms with Crippen LogP contribution in [0.5, 0.6) is 0 Å². The van der Waals surface area contributed by atoms with Gasteiger partial charge in [0.1, 0.15) is 16.6 Å². The summed E-state index contributed by atoms with van der Waals surface area (Å²) >= 11 is 0. The second kappa shape index (κ2) is 8.29. The maximum atomic E-state index is 9.58. The zero-order chi connectivity index (χ0) is 21.9. The molecule has 0 saturated heterocycles. The van der Waals surface area contributed by atoms with Crippen LogP contribution >= 0.6 is 0 Å². The molecule has 5 heteroatoms. The Morgan fingerprint density at radius 3 is 2.50 bits per heavy atom. The van der Waals surface area contributed by atoms with Crippen LogP contribution in [0.3, 0.4) is 0 Å². The van der Waals surface area contributed by atoms with Crippen LogP contribution < -0.4 is 10.7 Å². The summed E-state index contributed by atoms with van der Waals surface area (Å²) in [5.74, 6) is 6.87. The number of pyridine rings is 1. The van der Waals surface area contributed by atoms with Gasteiger partial charge in [-0.05, 0) is 47.9 Å². The summed E-state index contributed by atoms with van der Waals surface area (Å²) in [5, 5.41) is 19.4. The standard InChI is InChI=1S/C27H19N3O2/c1-28-22-8-4-5-18(13-22)9-10-19-11-12-23-24(30-31)16-27(32-26(23)14-19)25-15-20-6-2-3-7-21(20)17-29-25/h2-8,11-17,28,31H,1H3/b30-24-. The Labute approximate surface area is 184 Å². The Kier molecular flexibility index (Phi) is 5.03. The quantitative estimate of drug-likeness (QED) is 0.230. The molecule has 0 aliphatic heterocycles. The lowest BCUT2D eigenvalue weighted by molar-refractivity contribution is 0.302. The number of anilines is 1. The van der Waals surface area contributed by atoms with E-state index in [4.69, 9.17) is 4.42 Å². The summed E-state index contributed by atoms with van der Waals surface area (Å²) in [6, 6.07) is 25.1. The Balaban J connectivity index is 1.60. The van der Waals surface area contributed by atoms with E-state index in [0.29, 0.717) is 27.8 Å². The molecule has 0 fully saturated rings. The molecule has 0 saturated carbocycles. The normalized spacial score (nSPS) is 11.3. The van der Waals surface area contributed by atoms with Gasteiger partial charge in [-0.25, -0.2) is 0 Å². The van der Waals surface area contributed by atoms with Crippen molar-refractivity contribution in [3.63, 3.8) is 0 Å². The molecule has 32 heavy (non-hydrogen) atoms. The van der Waals surface area contributed by atoms with E-state index in [0.717, 1.165) is 27.6 Å². The third-order valence-electron chi connectivity index (χ3n) is 5.24. The molecule has 0 atom stereocenters. The van der Waals surface area contributed by atoms with E-state index >= 15 is 0 Å². The van der Waals surface area contributed by atoms with E-state index in [9.17, 15) is 5.21 Å². The smallest absolute Gasteiger partial charge is 0.155 e. The topological polar surface area (TPSA) is 70.7 Å². The number of nitrogens with one attached hydrogen (secondary N) is 1. The van der Waals surface area contributed by atoms with Crippen molar-refractivity contribution in [2.24, 2.45) is 5.16 Å². The first-order valence-corrected chi connectivity index (χ1v) is 10.1. The number of aromatic nitrogens is 1. The van der Waals surface area contributed by atoms with Gasteiger partial charge in [0, 0.05) is 46.9 Å². The van der Waals surface area contributed by atoms with Crippen LogP contribution in [0.1, 0.15) is 11.1 Å². The van der Waals surface area contributed by atoms with Gasteiger partial charge in [0.05, 0.1) is 0 Å². The molecule has 2 heterocycles. The third-order valence-corrected chi connectivity index (χ3v) is 5.24. The van der Waals surface area contributed by atoms with Gasteiger partial charge in [-0.3, -0.25) is 4.98 Å². The molecular formula is C27H19N3O2. The first-order chi connectivity index (χ1) is 15.7. The molecule has 2 aromatic heterocycles. The van der Waals surface area contributed by atoms with Gasteiger partial charge in [-0.15, -0.1) is 0 Å². The van der Waals surface area contributed by atoms with Gasteiger partial charge >= 0.3 is 0 Å². The molecule has 5 nitrogen and oxygen atoms in total. The van der Waals surface area contributed by atoms with Crippen LogP contribution in [0.2, 0.25) is 0 Å². The third kappa shape index (κ3) is 3.78. The zero-order valence-electron chi connectivity index (χ0n) is 17.3. The van der Waals surface area contributed by atoms with Crippen LogP contribution in [0.4, 0.5) is 5.69 Å². The minimum absolute atomic E-state index is 0.414. The maximum Gasteiger partial charge on any atom is 0.155 e. The minimum atomic E-state index is 0.414. The lowest BCUT2D eigenvalue weighted by atomic mass is 10.1. The maximum absolute atomic E-state index is 9.58. The van der Waals surface area contributed by atoms with Gasteiger partial charge in [0.15, 0.2) is 5.76 Å². The highest BCUT2D eigenvalue weighted by Gasteiger charge is 2.09. The number of rotatable bonds is 2. The van der Waals surface area contributed by atoms with Crippen molar-refractivity contribution >= 4 is 27.4 Å². The summed E-state index contributed by atoms with van der Waals surface area (Å²) < 4.78 is 6.16. The van der Waals surface area contributed by atoms with Gasteiger partial charge in [0.25, 0.3) is 0 Å². The van der Waals surface area contributed by atoms with Gasteiger partial charge in [0.2, 0.25) is 0 Å². The molecule has 5 aromatic rings. The number of fused-ring (bicyclic) bond motifs is 2. The van der Waals surface area contributed by atoms with Crippen molar-refractivity contribution in [2.45, 2.75) is 0 Å². The summed E-state index contributed by atoms with van der Waals surface area (Å²) in [6.45, 7) is 0. The molecule has 0 unspecified atom stereocenters. The van der Waals surface area contributed by atoms with Gasteiger partial charge in [-0.2, -0.15) is 0 Å². The number of hydrogen-bond acceptors (Lipinski definition) is 5. The van der Waals surface area contributed by atoms with Gasteiger partial charge < -0.3 is 14.9 Å². The molecular weight excluding hydrogens is 398 g/mol. The highest BCUT2D eigenvalue weighted by molar-refractivity contribution is 5.85. The fraction of sp³-hybridized carbons (Fsp3) is 0.0370. The van der Waals surface area contributed by atoms with Crippen molar-refractivity contribution < 1.29 is 9.62 Å². The molecule has 2 N–H and O–H groups in total. The van der Waals surface area contributed by atoms with E-state index < -0.39 is 0 Å². The van der Waals surface area contributed by atoms with E-state index in [1.807, 2.05) is 79.8 Å². The summed E-state index contributed by atoms with van der Waals surface area (Å²) in [6.07, 6.45) is 1.81. The molecule has 154 valence electrons. The lowest BCUT2D eigenvalue weighted by Gasteiger charge is -2.05. The number of nitrogens with zero attached hydrogens (tertiary/aromatic N) is 2. The van der Waals surface area contributed by atoms with Crippen molar-refractivity contribution in [1.29, 1.82) is 0 Å². The van der Waals surface area contributed by atoms with Crippen LogP contribution in [0.25, 0.3) is 33.2 Å². The molecule has 0 aliphatic carbocycles. The average molecular weight is 417 g/mol. The van der Waals surface area contributed by atoms with E-state index in [-0.39, 0.29) is 0 Å². The lowest BCUT2D eigenvalue weighted by Crippen LogP contribution is -2.04. The first kappa shape index (κ1) is 19.4. The first-order valence-electron chi connectivity index (χ1n) is 10.1. The molecule has 0 amide bonds. The highest BCUT2D eigenvalue weighted by Crippen LogP contribution is 2.24. The van der Waals surface area contributed by atoms with Crippen molar-refractivity contribution in [2.75, 3.05) is 12.4 Å². The van der Waals surface area contributed by atoms with Crippen LogP contribution in [0, 0.1) is 11.8 Å². The highest BCUT2D eigenvalue weighted by atomic mass is 16.4. The molecule has 5 rings (SSSR count). The second-order valence-electron chi connectivity index (χ2n) is 7.30. The van der Waals surface area contributed by atoms with Crippen LogP contribution in [-0.2, 0) is 0 Å². The Bertz CT molecular complexity index is 1590. The molecule has 0 spiro atoms. The van der Waals surface area contributed by atoms with Gasteiger partial charge in [-0.1, -0.05) is 47.3 Å². The number of benzene rings is 3. The van der Waals surface area contributed by atoms with E-state index in [1.165, 1.54) is 0 Å². The Morgan fingerprint density at radius 2 is 1.69 bits per heavy atom. The largest absolute Gasteiger partial charge is 0.454 e. The minimum Gasteiger partial charge on any atom is -0.454 e. The van der Waals surface area contributed by atoms with Crippen molar-refractivity contribution in [3.05, 3.63) is 102 Å².